The van der Waals surface area contributed by atoms with Crippen LogP contribution >= 0.6 is 11.3 Å². The van der Waals surface area contributed by atoms with E-state index in [0.29, 0.717) is 19.5 Å². The number of benzene rings is 1. The lowest BCUT2D eigenvalue weighted by Gasteiger charge is -2.28. The third-order valence-electron chi connectivity index (χ3n) is 4.61. The Bertz CT molecular complexity index is 940. The summed E-state index contributed by atoms with van der Waals surface area (Å²) in [4.78, 5) is 16.9. The van der Waals surface area contributed by atoms with Crippen molar-refractivity contribution in [1.82, 2.24) is 14.6 Å². The minimum atomic E-state index is -3.22. The van der Waals surface area contributed by atoms with E-state index in [4.69, 9.17) is 0 Å². The maximum absolute atomic E-state index is 12.4. The van der Waals surface area contributed by atoms with Gasteiger partial charge in [-0.1, -0.05) is 19.1 Å². The molecule has 1 aliphatic rings. The lowest BCUT2D eigenvalue weighted by Crippen LogP contribution is -2.36. The number of sulfonamides is 1. The number of rotatable bonds is 5. The van der Waals surface area contributed by atoms with E-state index in [1.165, 1.54) is 10.6 Å². The summed E-state index contributed by atoms with van der Waals surface area (Å²) in [7, 11) is -3.22. The van der Waals surface area contributed by atoms with E-state index in [1.54, 1.807) is 11.3 Å². The van der Waals surface area contributed by atoms with Crippen LogP contribution in [-0.4, -0.2) is 36.5 Å². The zero-order valence-electron chi connectivity index (χ0n) is 15.7. The number of aromatic nitrogens is 1. The van der Waals surface area contributed by atoms with Crippen molar-refractivity contribution in [3.05, 3.63) is 45.4 Å². The predicted molar refractivity (Wildman–Crippen MR) is 107 cm³/mol. The van der Waals surface area contributed by atoms with E-state index >= 15 is 0 Å². The third-order valence-corrected chi connectivity index (χ3v) is 6.87. The van der Waals surface area contributed by atoms with E-state index in [1.807, 2.05) is 30.5 Å². The minimum Gasteiger partial charge on any atom is -0.330 e. The summed E-state index contributed by atoms with van der Waals surface area (Å²) in [5.41, 5.74) is 3.48. The van der Waals surface area contributed by atoms with Gasteiger partial charge in [0.1, 0.15) is 0 Å². The molecule has 27 heavy (non-hydrogen) atoms. The number of nitrogens with zero attached hydrogens (tertiary/aromatic N) is 2. The maximum atomic E-state index is 12.4. The summed E-state index contributed by atoms with van der Waals surface area (Å²) in [6.45, 7) is 4.71. The summed E-state index contributed by atoms with van der Waals surface area (Å²) < 4.78 is 25.0. The van der Waals surface area contributed by atoms with Gasteiger partial charge in [-0.25, -0.2) is 18.2 Å². The Morgan fingerprint density at radius 2 is 2.19 bits per heavy atom. The molecule has 7 nitrogen and oxygen atoms in total. The summed E-state index contributed by atoms with van der Waals surface area (Å²) in [5.74, 6) is 0. The van der Waals surface area contributed by atoms with E-state index in [0.717, 1.165) is 33.9 Å². The smallest absolute Gasteiger partial charge is 0.319 e. The molecular weight excluding hydrogens is 384 g/mol. The van der Waals surface area contributed by atoms with Gasteiger partial charge in [-0.05, 0) is 37.0 Å². The first-order valence-corrected chi connectivity index (χ1v) is 11.6. The molecule has 0 spiro atoms. The lowest BCUT2D eigenvalue weighted by molar-refractivity contribution is 0.249. The zero-order valence-corrected chi connectivity index (χ0v) is 17.3. The third kappa shape index (κ3) is 4.66. The minimum absolute atomic E-state index is 0.193. The van der Waals surface area contributed by atoms with Crippen molar-refractivity contribution in [3.8, 4) is 0 Å². The van der Waals surface area contributed by atoms with Gasteiger partial charge in [-0.15, -0.1) is 11.3 Å². The van der Waals surface area contributed by atoms with Gasteiger partial charge in [0.2, 0.25) is 10.0 Å². The number of thiazole rings is 1. The van der Waals surface area contributed by atoms with Gasteiger partial charge in [0.15, 0.2) is 0 Å². The van der Waals surface area contributed by atoms with Crippen molar-refractivity contribution in [2.45, 2.75) is 39.3 Å². The highest BCUT2D eigenvalue weighted by Crippen LogP contribution is 2.27. The predicted octanol–water partition coefficient (Wildman–Crippen LogP) is 2.91. The molecule has 1 aromatic carbocycles. The second-order valence-electron chi connectivity index (χ2n) is 6.63. The quantitative estimate of drug-likeness (QED) is 0.796. The van der Waals surface area contributed by atoms with Gasteiger partial charge < -0.3 is 10.6 Å². The van der Waals surface area contributed by atoms with Crippen molar-refractivity contribution in [1.29, 1.82) is 0 Å². The van der Waals surface area contributed by atoms with Crippen LogP contribution in [0.3, 0.4) is 0 Å². The van der Waals surface area contributed by atoms with Crippen LogP contribution in [0.2, 0.25) is 0 Å². The molecule has 9 heteroatoms. The molecule has 1 unspecified atom stereocenters. The van der Waals surface area contributed by atoms with Crippen LogP contribution in [0.1, 0.15) is 41.7 Å². The van der Waals surface area contributed by atoms with Crippen LogP contribution in [-0.2, 0) is 29.4 Å². The highest BCUT2D eigenvalue weighted by molar-refractivity contribution is 7.88. The summed E-state index contributed by atoms with van der Waals surface area (Å²) in [6.07, 6.45) is 2.67. The van der Waals surface area contributed by atoms with E-state index < -0.39 is 10.0 Å². The first kappa shape index (κ1) is 19.8. The van der Waals surface area contributed by atoms with Gasteiger partial charge in [0.05, 0.1) is 23.0 Å². The average Bonchev–Trinajstić information content (AvgIpc) is 3.10. The summed E-state index contributed by atoms with van der Waals surface area (Å²) in [6, 6.07) is 5.09. The van der Waals surface area contributed by atoms with Crippen LogP contribution < -0.4 is 10.6 Å². The molecule has 2 aromatic rings. The highest BCUT2D eigenvalue weighted by Gasteiger charge is 2.25. The number of hydrogen-bond acceptors (Lipinski definition) is 5. The zero-order chi connectivity index (χ0) is 19.6. The Morgan fingerprint density at radius 1 is 1.41 bits per heavy atom. The van der Waals surface area contributed by atoms with Gasteiger partial charge in [-0.3, -0.25) is 0 Å². The highest BCUT2D eigenvalue weighted by atomic mass is 32.2. The van der Waals surface area contributed by atoms with Crippen molar-refractivity contribution in [2.75, 3.05) is 18.1 Å². The molecule has 2 heterocycles. The molecule has 3 rings (SSSR count). The topological polar surface area (TPSA) is 91.4 Å². The van der Waals surface area contributed by atoms with Gasteiger partial charge >= 0.3 is 6.03 Å². The average molecular weight is 409 g/mol. The fourth-order valence-corrected chi connectivity index (χ4v) is 4.73. The standard InChI is InChI=1S/C18H24N4O3S2/c1-4-17-20-16(11-26-17)12(2)19-18(23)21-15-7-5-6-13-10-22(27(3,24)25)9-8-14(13)15/h5-7,11-12H,4,8-10H2,1-3H3,(H2,19,21,23). The van der Waals surface area contributed by atoms with Crippen molar-refractivity contribution in [3.63, 3.8) is 0 Å². The second-order valence-corrected chi connectivity index (χ2v) is 9.55. The molecule has 1 aromatic heterocycles. The number of aryl methyl sites for hydroxylation is 1. The lowest BCUT2D eigenvalue weighted by atomic mass is 9.99. The largest absolute Gasteiger partial charge is 0.330 e. The molecule has 0 aliphatic carbocycles. The molecular formula is C18H24N4O3S2. The fraction of sp³-hybridized carbons (Fsp3) is 0.444. The fourth-order valence-electron chi connectivity index (χ4n) is 3.10. The number of anilines is 1. The molecule has 0 bridgehead atoms. The van der Waals surface area contributed by atoms with Crippen molar-refractivity contribution < 1.29 is 13.2 Å². The second kappa shape index (κ2) is 7.95. The van der Waals surface area contributed by atoms with Crippen LogP contribution in [0.4, 0.5) is 10.5 Å². The molecule has 0 fully saturated rings. The summed E-state index contributed by atoms with van der Waals surface area (Å²) in [5, 5.41) is 8.83. The molecule has 0 saturated carbocycles. The number of amides is 2. The molecule has 146 valence electrons. The van der Waals surface area contributed by atoms with Crippen molar-refractivity contribution in [2.24, 2.45) is 0 Å². The monoisotopic (exact) mass is 408 g/mol. The molecule has 2 N–H and O–H groups in total. The Labute approximate surface area is 163 Å². The summed E-state index contributed by atoms with van der Waals surface area (Å²) >= 11 is 1.59. The van der Waals surface area contributed by atoms with Gasteiger partial charge in [0.25, 0.3) is 0 Å². The normalized spacial score (nSPS) is 15.8. The molecule has 1 atom stereocenters. The van der Waals surface area contributed by atoms with Crippen LogP contribution in [0.15, 0.2) is 23.6 Å². The van der Waals surface area contributed by atoms with E-state index in [9.17, 15) is 13.2 Å². The Balaban J connectivity index is 1.68. The van der Waals surface area contributed by atoms with Gasteiger partial charge in [0, 0.05) is 24.2 Å². The van der Waals surface area contributed by atoms with E-state index in [2.05, 4.69) is 22.5 Å². The van der Waals surface area contributed by atoms with Crippen molar-refractivity contribution >= 4 is 33.1 Å². The van der Waals surface area contributed by atoms with Gasteiger partial charge in [-0.2, -0.15) is 4.31 Å². The van der Waals surface area contributed by atoms with E-state index in [-0.39, 0.29) is 12.1 Å². The number of nitrogens with one attached hydrogen (secondary N) is 2. The van der Waals surface area contributed by atoms with Crippen LogP contribution in [0.5, 0.6) is 0 Å². The Hall–Kier alpha value is -1.97. The number of carbonyl (C=O) groups excluding carboxylic acids is 1. The first-order valence-electron chi connectivity index (χ1n) is 8.85. The number of fused-ring (bicyclic) bond motifs is 1. The number of hydrogen-bond donors (Lipinski definition) is 2. The Morgan fingerprint density at radius 3 is 2.85 bits per heavy atom. The Kier molecular flexibility index (Phi) is 5.83. The van der Waals surface area contributed by atoms with Crippen LogP contribution in [0, 0.1) is 0 Å². The SMILES string of the molecule is CCc1nc(C(C)NC(=O)Nc2cccc3c2CCN(S(C)(=O)=O)C3)cs1. The molecule has 2 amide bonds. The first-order chi connectivity index (χ1) is 12.8. The number of carbonyl (C=O) groups is 1. The molecule has 1 aliphatic heterocycles. The molecule has 0 radical (unpaired) electrons. The molecule has 0 saturated heterocycles. The number of urea groups is 1. The maximum Gasteiger partial charge on any atom is 0.319 e. The van der Waals surface area contributed by atoms with Crippen LogP contribution in [0.25, 0.3) is 0 Å².